The van der Waals surface area contributed by atoms with Crippen LogP contribution in [0, 0.1) is 5.92 Å². The van der Waals surface area contributed by atoms with Crippen LogP contribution < -0.4 is 5.32 Å². The second-order valence-electron chi connectivity index (χ2n) is 3.53. The molecule has 2 heterocycles. The molecule has 2 fully saturated rings. The van der Waals surface area contributed by atoms with Crippen LogP contribution >= 0.6 is 0 Å². The molecule has 0 amide bonds. The van der Waals surface area contributed by atoms with Gasteiger partial charge in [-0.05, 0) is 25.7 Å². The summed E-state index contributed by atoms with van der Waals surface area (Å²) in [5, 5.41) is 3.53. The maximum absolute atomic E-state index is 5.37. The van der Waals surface area contributed by atoms with Gasteiger partial charge >= 0.3 is 0 Å². The van der Waals surface area contributed by atoms with E-state index >= 15 is 0 Å². The van der Waals surface area contributed by atoms with E-state index in [1.807, 2.05) is 0 Å². The van der Waals surface area contributed by atoms with Crippen molar-refractivity contribution in [1.29, 1.82) is 0 Å². The third-order valence-corrected chi connectivity index (χ3v) is 2.65. The second kappa shape index (κ2) is 2.51. The van der Waals surface area contributed by atoms with Crippen molar-refractivity contribution in [2.45, 2.75) is 31.8 Å². The molecule has 0 aromatic rings. The van der Waals surface area contributed by atoms with Gasteiger partial charge in [-0.3, -0.25) is 0 Å². The summed E-state index contributed by atoms with van der Waals surface area (Å²) in [6, 6.07) is 1.39. The Bertz CT molecular complexity index is 112. The number of nitrogens with one attached hydrogen (secondary N) is 1. The van der Waals surface area contributed by atoms with E-state index in [0.717, 1.165) is 25.2 Å². The zero-order chi connectivity index (χ0) is 6.97. The average molecular weight is 141 g/mol. The van der Waals surface area contributed by atoms with Crippen molar-refractivity contribution in [2.24, 2.45) is 5.92 Å². The lowest BCUT2D eigenvalue weighted by Crippen LogP contribution is -2.37. The number of fused-ring (bicyclic) bond motifs is 1. The highest BCUT2D eigenvalue weighted by molar-refractivity contribution is 4.90. The van der Waals surface area contributed by atoms with Gasteiger partial charge in [0.25, 0.3) is 0 Å². The van der Waals surface area contributed by atoms with Crippen molar-refractivity contribution in [3.8, 4) is 0 Å². The first kappa shape index (κ1) is 6.62. The Hall–Kier alpha value is -0.0800. The number of hydrogen-bond acceptors (Lipinski definition) is 2. The van der Waals surface area contributed by atoms with E-state index in [9.17, 15) is 0 Å². The molecule has 0 aliphatic carbocycles. The fourth-order valence-corrected chi connectivity index (χ4v) is 2.14. The van der Waals surface area contributed by atoms with Gasteiger partial charge in [0.2, 0.25) is 0 Å². The summed E-state index contributed by atoms with van der Waals surface area (Å²) >= 11 is 0. The number of rotatable bonds is 0. The van der Waals surface area contributed by atoms with Crippen molar-refractivity contribution in [3.63, 3.8) is 0 Å². The molecule has 2 saturated heterocycles. The zero-order valence-electron chi connectivity index (χ0n) is 6.47. The molecule has 0 bridgehead atoms. The smallest absolute Gasteiger partial charge is 0.0622 e. The van der Waals surface area contributed by atoms with Crippen molar-refractivity contribution < 1.29 is 4.74 Å². The molecule has 0 saturated carbocycles. The Morgan fingerprint density at radius 3 is 3.20 bits per heavy atom. The molecule has 2 heteroatoms. The largest absolute Gasteiger partial charge is 0.380 e. The molecule has 3 unspecified atom stereocenters. The first-order valence-corrected chi connectivity index (χ1v) is 4.20. The van der Waals surface area contributed by atoms with Crippen LogP contribution in [0.2, 0.25) is 0 Å². The summed E-state index contributed by atoms with van der Waals surface area (Å²) in [4.78, 5) is 0. The third kappa shape index (κ3) is 1.06. The second-order valence-corrected chi connectivity index (χ2v) is 3.53. The summed E-state index contributed by atoms with van der Waals surface area (Å²) in [6.45, 7) is 4.18. The molecular weight excluding hydrogens is 126 g/mol. The van der Waals surface area contributed by atoms with Gasteiger partial charge in [-0.2, -0.15) is 0 Å². The monoisotopic (exact) mass is 141 g/mol. The van der Waals surface area contributed by atoms with Gasteiger partial charge in [-0.15, -0.1) is 0 Å². The SMILES string of the molecule is CC1CC2CCOCC2N1. The molecule has 0 aromatic heterocycles. The molecule has 1 N–H and O–H groups in total. The molecule has 58 valence electrons. The summed E-state index contributed by atoms with van der Waals surface area (Å²) < 4.78 is 5.37. The molecule has 0 aromatic carbocycles. The van der Waals surface area contributed by atoms with E-state index in [4.69, 9.17) is 4.74 Å². The number of hydrogen-bond donors (Lipinski definition) is 1. The van der Waals surface area contributed by atoms with Crippen LogP contribution in [0.1, 0.15) is 19.8 Å². The van der Waals surface area contributed by atoms with Gasteiger partial charge < -0.3 is 10.1 Å². The van der Waals surface area contributed by atoms with Crippen LogP contribution in [0.25, 0.3) is 0 Å². The Morgan fingerprint density at radius 1 is 1.50 bits per heavy atom. The minimum atomic E-state index is 0.670. The summed E-state index contributed by atoms with van der Waals surface area (Å²) in [5.74, 6) is 0.906. The summed E-state index contributed by atoms with van der Waals surface area (Å²) in [5.41, 5.74) is 0. The predicted molar refractivity (Wildman–Crippen MR) is 39.9 cm³/mol. The Morgan fingerprint density at radius 2 is 2.40 bits per heavy atom. The molecule has 0 radical (unpaired) electrons. The van der Waals surface area contributed by atoms with Crippen LogP contribution in [0.4, 0.5) is 0 Å². The van der Waals surface area contributed by atoms with Crippen LogP contribution in [-0.2, 0) is 4.74 Å². The summed E-state index contributed by atoms with van der Waals surface area (Å²) in [6.07, 6.45) is 2.62. The molecule has 2 aliphatic heterocycles. The molecular formula is C8H15NO. The molecule has 3 atom stereocenters. The minimum absolute atomic E-state index is 0.670. The first-order valence-electron chi connectivity index (χ1n) is 4.20. The fourth-order valence-electron chi connectivity index (χ4n) is 2.14. The molecule has 2 nitrogen and oxygen atoms in total. The normalized spacial score (nSPS) is 47.1. The van der Waals surface area contributed by atoms with Crippen molar-refractivity contribution >= 4 is 0 Å². The van der Waals surface area contributed by atoms with Crippen molar-refractivity contribution in [2.75, 3.05) is 13.2 Å². The van der Waals surface area contributed by atoms with Crippen LogP contribution in [0.15, 0.2) is 0 Å². The van der Waals surface area contributed by atoms with E-state index in [2.05, 4.69) is 12.2 Å². The Balaban J connectivity index is 1.97. The van der Waals surface area contributed by atoms with Gasteiger partial charge in [0.15, 0.2) is 0 Å². The van der Waals surface area contributed by atoms with E-state index in [1.54, 1.807) is 0 Å². The van der Waals surface area contributed by atoms with Gasteiger partial charge in [0.05, 0.1) is 6.61 Å². The Kier molecular flexibility index (Phi) is 1.66. The van der Waals surface area contributed by atoms with Gasteiger partial charge in [-0.25, -0.2) is 0 Å². The highest BCUT2D eigenvalue weighted by Gasteiger charge is 2.33. The first-order chi connectivity index (χ1) is 4.86. The Labute approximate surface area is 61.9 Å². The highest BCUT2D eigenvalue weighted by atomic mass is 16.5. The molecule has 0 spiro atoms. The quantitative estimate of drug-likeness (QED) is 0.538. The van der Waals surface area contributed by atoms with Crippen LogP contribution in [0.3, 0.4) is 0 Å². The predicted octanol–water partition coefficient (Wildman–Crippen LogP) is 0.773. The van der Waals surface area contributed by atoms with Crippen molar-refractivity contribution in [1.82, 2.24) is 5.32 Å². The highest BCUT2D eigenvalue weighted by Crippen LogP contribution is 2.26. The lowest BCUT2D eigenvalue weighted by atomic mass is 9.95. The maximum Gasteiger partial charge on any atom is 0.0622 e. The maximum atomic E-state index is 5.37. The topological polar surface area (TPSA) is 21.3 Å². The van der Waals surface area contributed by atoms with E-state index in [0.29, 0.717) is 6.04 Å². The van der Waals surface area contributed by atoms with Gasteiger partial charge in [0.1, 0.15) is 0 Å². The number of ether oxygens (including phenoxy) is 1. The lowest BCUT2D eigenvalue weighted by molar-refractivity contribution is 0.0525. The molecule has 2 rings (SSSR count). The van der Waals surface area contributed by atoms with E-state index < -0.39 is 0 Å². The standard InChI is InChI=1S/C8H15NO/c1-6-4-7-2-3-10-5-8(7)9-6/h6-9H,2-5H2,1H3. The molecule has 2 aliphatic rings. The minimum Gasteiger partial charge on any atom is -0.380 e. The zero-order valence-corrected chi connectivity index (χ0v) is 6.47. The van der Waals surface area contributed by atoms with Gasteiger partial charge in [-0.1, -0.05) is 0 Å². The van der Waals surface area contributed by atoms with Gasteiger partial charge in [0, 0.05) is 18.7 Å². The van der Waals surface area contributed by atoms with E-state index in [1.165, 1.54) is 12.8 Å². The average Bonchev–Trinajstić information content (AvgIpc) is 2.27. The summed E-state index contributed by atoms with van der Waals surface area (Å²) in [7, 11) is 0. The fraction of sp³-hybridized carbons (Fsp3) is 1.00. The van der Waals surface area contributed by atoms with Crippen LogP contribution in [-0.4, -0.2) is 25.3 Å². The van der Waals surface area contributed by atoms with Crippen LogP contribution in [0.5, 0.6) is 0 Å². The lowest BCUT2D eigenvalue weighted by Gasteiger charge is -2.24. The molecule has 10 heavy (non-hydrogen) atoms. The van der Waals surface area contributed by atoms with E-state index in [-0.39, 0.29) is 0 Å². The van der Waals surface area contributed by atoms with Crippen molar-refractivity contribution in [3.05, 3.63) is 0 Å². The third-order valence-electron chi connectivity index (χ3n) is 2.65.